The van der Waals surface area contributed by atoms with Crippen LogP contribution in [0.25, 0.3) is 0 Å². The topological polar surface area (TPSA) is 115 Å². The first-order valence-corrected chi connectivity index (χ1v) is 7.25. The molecule has 0 aliphatic heterocycles. The van der Waals surface area contributed by atoms with E-state index in [4.69, 9.17) is 4.74 Å². The Morgan fingerprint density at radius 2 is 1.68 bits per heavy atom. The molecule has 0 heterocycles. The smallest absolute Gasteiger partial charge is 0.463 e. The Kier molecular flexibility index (Phi) is 8.35. The van der Waals surface area contributed by atoms with Crippen molar-refractivity contribution in [3.63, 3.8) is 0 Å². The summed E-state index contributed by atoms with van der Waals surface area (Å²) >= 11 is 0. The number of carbonyl (C=O) groups excluding carboxylic acids is 4. The summed E-state index contributed by atoms with van der Waals surface area (Å²) in [4.78, 5) is 41.8. The Labute approximate surface area is 109 Å². The predicted octanol–water partition coefficient (Wildman–Crippen LogP) is 0.442. The van der Waals surface area contributed by atoms with Crippen molar-refractivity contribution in [2.45, 2.75) is 19.4 Å². The molecule has 0 spiro atoms. The fourth-order valence-electron chi connectivity index (χ4n) is 1.13. The Morgan fingerprint density at radius 3 is 2.11 bits per heavy atom. The SMILES string of the molecule is CC=CC(=O)OCCC[Si](N=C=O)(N=C=O)N=C=O. The summed E-state index contributed by atoms with van der Waals surface area (Å²) in [6.45, 7) is 1.69. The molecule has 0 aliphatic carbocycles. The zero-order valence-electron chi connectivity index (χ0n) is 10.2. The number of nitrogens with zero attached hydrogens (tertiary/aromatic N) is 3. The second-order valence-electron chi connectivity index (χ2n) is 3.15. The summed E-state index contributed by atoms with van der Waals surface area (Å²) in [6.07, 6.45) is 6.65. The van der Waals surface area contributed by atoms with Gasteiger partial charge >= 0.3 is 14.5 Å². The Bertz CT molecular complexity index is 440. The molecule has 0 aromatic carbocycles. The molecule has 19 heavy (non-hydrogen) atoms. The second-order valence-corrected chi connectivity index (χ2v) is 5.87. The van der Waals surface area contributed by atoms with Gasteiger partial charge in [0.25, 0.3) is 0 Å². The summed E-state index contributed by atoms with van der Waals surface area (Å²) in [5, 5.41) is 0. The van der Waals surface area contributed by atoms with Crippen molar-refractivity contribution >= 4 is 32.8 Å². The van der Waals surface area contributed by atoms with Gasteiger partial charge in [-0.05, 0) is 13.3 Å². The minimum atomic E-state index is -3.49. The third kappa shape index (κ3) is 6.77. The van der Waals surface area contributed by atoms with E-state index < -0.39 is 14.5 Å². The quantitative estimate of drug-likeness (QED) is 0.160. The summed E-state index contributed by atoms with van der Waals surface area (Å²) in [7, 11) is -3.49. The molecular formula is C10H11N3O5Si. The first-order valence-electron chi connectivity index (χ1n) is 5.20. The maximum Gasteiger partial charge on any atom is 0.467 e. The minimum Gasteiger partial charge on any atom is -0.463 e. The largest absolute Gasteiger partial charge is 0.467 e. The van der Waals surface area contributed by atoms with E-state index in [2.05, 4.69) is 14.0 Å². The van der Waals surface area contributed by atoms with Crippen LogP contribution in [0.15, 0.2) is 26.1 Å². The van der Waals surface area contributed by atoms with Crippen LogP contribution < -0.4 is 0 Å². The summed E-state index contributed by atoms with van der Waals surface area (Å²) in [5.41, 5.74) is 0. The fraction of sp³-hybridized carbons (Fsp3) is 0.400. The molecule has 100 valence electrons. The van der Waals surface area contributed by atoms with Gasteiger partial charge in [0.05, 0.1) is 6.61 Å². The predicted molar refractivity (Wildman–Crippen MR) is 65.3 cm³/mol. The van der Waals surface area contributed by atoms with Gasteiger partial charge in [-0.15, -0.1) is 0 Å². The number of isocyanates is 3. The molecule has 0 atom stereocenters. The van der Waals surface area contributed by atoms with Crippen molar-refractivity contribution in [2.24, 2.45) is 14.0 Å². The zero-order chi connectivity index (χ0) is 14.6. The number of carbonyl (C=O) groups is 1. The normalized spacial score (nSPS) is 12.5. The van der Waals surface area contributed by atoms with Gasteiger partial charge in [-0.2, -0.15) is 14.0 Å². The number of ether oxygens (including phenoxy) is 1. The van der Waals surface area contributed by atoms with Crippen molar-refractivity contribution in [1.29, 1.82) is 0 Å². The molecule has 0 aromatic heterocycles. The molecule has 8 nitrogen and oxygen atoms in total. The molecule has 0 unspecified atom stereocenters. The number of rotatable bonds is 8. The van der Waals surface area contributed by atoms with E-state index >= 15 is 0 Å². The lowest BCUT2D eigenvalue weighted by Crippen LogP contribution is -2.28. The van der Waals surface area contributed by atoms with E-state index in [1.165, 1.54) is 30.4 Å². The van der Waals surface area contributed by atoms with Crippen LogP contribution >= 0.6 is 0 Å². The zero-order valence-corrected chi connectivity index (χ0v) is 11.2. The van der Waals surface area contributed by atoms with Gasteiger partial charge in [0, 0.05) is 12.1 Å². The highest BCUT2D eigenvalue weighted by molar-refractivity contribution is 6.76. The molecule has 0 radical (unpaired) electrons. The highest BCUT2D eigenvalue weighted by Gasteiger charge is 2.35. The first-order chi connectivity index (χ1) is 9.14. The molecule has 0 amide bonds. The molecule has 0 saturated heterocycles. The van der Waals surface area contributed by atoms with Gasteiger partial charge in [-0.25, -0.2) is 19.2 Å². The lowest BCUT2D eigenvalue weighted by Gasteiger charge is -2.10. The monoisotopic (exact) mass is 281 g/mol. The second kappa shape index (κ2) is 9.58. The molecule has 0 aliphatic rings. The van der Waals surface area contributed by atoms with Crippen molar-refractivity contribution in [3.8, 4) is 0 Å². The van der Waals surface area contributed by atoms with E-state index in [1.54, 1.807) is 6.92 Å². The van der Waals surface area contributed by atoms with Gasteiger partial charge in [-0.1, -0.05) is 6.08 Å². The molecule has 0 N–H and O–H groups in total. The molecule has 0 bridgehead atoms. The van der Waals surface area contributed by atoms with E-state index in [9.17, 15) is 19.2 Å². The lowest BCUT2D eigenvalue weighted by molar-refractivity contribution is -0.137. The maximum atomic E-state index is 11.0. The fourth-order valence-corrected chi connectivity index (χ4v) is 2.67. The van der Waals surface area contributed by atoms with Gasteiger partial charge in [0.15, 0.2) is 0 Å². The van der Waals surface area contributed by atoms with Crippen molar-refractivity contribution in [2.75, 3.05) is 6.61 Å². The maximum absolute atomic E-state index is 11.0. The molecule has 0 saturated carbocycles. The van der Waals surface area contributed by atoms with Crippen molar-refractivity contribution in [3.05, 3.63) is 12.2 Å². The minimum absolute atomic E-state index is 0.0229. The van der Waals surface area contributed by atoms with Crippen LogP contribution in [0, 0.1) is 0 Å². The summed E-state index contributed by atoms with van der Waals surface area (Å²) in [5.74, 6) is -0.522. The van der Waals surface area contributed by atoms with E-state index in [1.807, 2.05) is 0 Å². The van der Waals surface area contributed by atoms with Crippen molar-refractivity contribution < 1.29 is 23.9 Å². The number of allylic oxidation sites excluding steroid dienone is 1. The van der Waals surface area contributed by atoms with Gasteiger partial charge < -0.3 is 4.74 Å². The highest BCUT2D eigenvalue weighted by atomic mass is 28.4. The molecule has 0 aromatic rings. The summed E-state index contributed by atoms with van der Waals surface area (Å²) < 4.78 is 14.7. The standard InChI is InChI=1S/C10H11N3O5Si/c1-2-4-10(17)18-5-3-6-19(11-7-14,12-8-15)13-9-16/h2,4H,3,5-6H2,1H3. The first kappa shape index (κ1) is 16.6. The van der Waals surface area contributed by atoms with Crippen LogP contribution in [0.3, 0.4) is 0 Å². The molecular weight excluding hydrogens is 270 g/mol. The van der Waals surface area contributed by atoms with Crippen LogP contribution in [-0.4, -0.2) is 39.4 Å². The summed E-state index contributed by atoms with van der Waals surface area (Å²) in [6, 6.07) is 0.0375. The lowest BCUT2D eigenvalue weighted by atomic mass is 10.5. The van der Waals surface area contributed by atoms with E-state index in [0.29, 0.717) is 0 Å². The van der Waals surface area contributed by atoms with Crippen LogP contribution in [0.1, 0.15) is 13.3 Å². The molecule has 9 heteroatoms. The van der Waals surface area contributed by atoms with Crippen LogP contribution in [0.4, 0.5) is 0 Å². The highest BCUT2D eigenvalue weighted by Crippen LogP contribution is 2.16. The number of hydrogen-bond donors (Lipinski definition) is 0. The van der Waals surface area contributed by atoms with Gasteiger partial charge in [0.2, 0.25) is 18.2 Å². The average Bonchev–Trinajstić information content (AvgIpc) is 2.36. The number of hydrogen-bond acceptors (Lipinski definition) is 8. The molecule has 0 rings (SSSR count). The van der Waals surface area contributed by atoms with Crippen LogP contribution in [-0.2, 0) is 23.9 Å². The van der Waals surface area contributed by atoms with E-state index in [0.717, 1.165) is 0 Å². The Morgan fingerprint density at radius 1 is 1.16 bits per heavy atom. The van der Waals surface area contributed by atoms with Crippen molar-refractivity contribution in [1.82, 2.24) is 0 Å². The molecule has 0 fully saturated rings. The Balaban J connectivity index is 4.59. The number of esters is 1. The third-order valence-electron chi connectivity index (χ3n) is 1.88. The van der Waals surface area contributed by atoms with E-state index in [-0.39, 0.29) is 19.1 Å². The third-order valence-corrected chi connectivity index (χ3v) is 4.25. The Hall–Kier alpha value is -2.43. The average molecular weight is 281 g/mol. The van der Waals surface area contributed by atoms with Gasteiger partial charge in [-0.3, -0.25) is 0 Å². The van der Waals surface area contributed by atoms with Crippen LogP contribution in [0.5, 0.6) is 0 Å². The van der Waals surface area contributed by atoms with Crippen LogP contribution in [0.2, 0.25) is 6.04 Å². The van der Waals surface area contributed by atoms with Gasteiger partial charge in [0.1, 0.15) is 0 Å².